The number of likely N-dealkylation sites (tertiary alicyclic amines) is 1. The fourth-order valence-electron chi connectivity index (χ4n) is 3.52. The van der Waals surface area contributed by atoms with E-state index in [1.807, 2.05) is 18.7 Å². The van der Waals surface area contributed by atoms with Crippen LogP contribution in [0.5, 0.6) is 0 Å². The lowest BCUT2D eigenvalue weighted by atomic mass is 9.97. The lowest BCUT2D eigenvalue weighted by Crippen LogP contribution is -2.59. The smallest absolute Gasteiger partial charge is 0.245 e. The average Bonchev–Trinajstić information content (AvgIpc) is 2.50. The Morgan fingerprint density at radius 2 is 1.96 bits per heavy atom. The van der Waals surface area contributed by atoms with Gasteiger partial charge < -0.3 is 9.80 Å². The minimum Gasteiger partial charge on any atom is -0.336 e. The van der Waals surface area contributed by atoms with Crippen molar-refractivity contribution in [3.05, 3.63) is 0 Å². The number of nitrogens with zero attached hydrogens (tertiary/aromatic N) is 2. The van der Waals surface area contributed by atoms with Gasteiger partial charge in [0, 0.05) is 42.1 Å². The zero-order valence-electron chi connectivity index (χ0n) is 14.8. The number of amides is 2. The molecule has 4 atom stereocenters. The summed E-state index contributed by atoms with van der Waals surface area (Å²) >= 11 is 0. The monoisotopic (exact) mass is 342 g/mol. The molecule has 132 valence electrons. The van der Waals surface area contributed by atoms with Crippen LogP contribution in [-0.2, 0) is 20.4 Å². The Bertz CT molecular complexity index is 480. The Kier molecular flexibility index (Phi) is 6.23. The quantitative estimate of drug-likeness (QED) is 0.782. The minimum atomic E-state index is -0.862. The van der Waals surface area contributed by atoms with E-state index in [1.165, 1.54) is 0 Å². The highest BCUT2D eigenvalue weighted by molar-refractivity contribution is 7.85. The maximum absolute atomic E-state index is 13.2. The molecule has 0 aromatic rings. The summed E-state index contributed by atoms with van der Waals surface area (Å²) in [5.41, 5.74) is 0. The molecule has 2 fully saturated rings. The van der Waals surface area contributed by atoms with Gasteiger partial charge in [-0.2, -0.15) is 0 Å². The van der Waals surface area contributed by atoms with Crippen LogP contribution in [0.4, 0.5) is 0 Å². The molecule has 2 aliphatic heterocycles. The topological polar surface area (TPSA) is 57.7 Å². The first-order valence-corrected chi connectivity index (χ1v) is 10.2. The molecule has 2 amide bonds. The molecule has 0 saturated carbocycles. The Morgan fingerprint density at radius 1 is 1.26 bits per heavy atom. The summed E-state index contributed by atoms with van der Waals surface area (Å²) in [6.07, 6.45) is 3.15. The van der Waals surface area contributed by atoms with Crippen LogP contribution in [0.2, 0.25) is 0 Å². The summed E-state index contributed by atoms with van der Waals surface area (Å²) < 4.78 is 12.0. The Hall–Kier alpha value is -0.910. The van der Waals surface area contributed by atoms with Crippen molar-refractivity contribution in [3.63, 3.8) is 0 Å². The van der Waals surface area contributed by atoms with Crippen molar-refractivity contribution in [1.82, 2.24) is 9.80 Å². The third-order valence-electron chi connectivity index (χ3n) is 5.12. The van der Waals surface area contributed by atoms with Crippen molar-refractivity contribution in [1.29, 1.82) is 0 Å². The lowest BCUT2D eigenvalue weighted by molar-refractivity contribution is -0.149. The average molecular weight is 343 g/mol. The van der Waals surface area contributed by atoms with Crippen molar-refractivity contribution < 1.29 is 13.8 Å². The summed E-state index contributed by atoms with van der Waals surface area (Å²) in [6, 6.07) is -0.393. The summed E-state index contributed by atoms with van der Waals surface area (Å²) in [5.74, 6) is 1.05. The third-order valence-corrected chi connectivity index (χ3v) is 6.93. The van der Waals surface area contributed by atoms with Gasteiger partial charge in [-0.3, -0.25) is 13.8 Å². The van der Waals surface area contributed by atoms with Gasteiger partial charge in [0.05, 0.1) is 5.25 Å². The van der Waals surface area contributed by atoms with E-state index in [0.29, 0.717) is 37.6 Å². The van der Waals surface area contributed by atoms with Crippen molar-refractivity contribution in [3.8, 4) is 0 Å². The van der Waals surface area contributed by atoms with Gasteiger partial charge in [-0.1, -0.05) is 13.8 Å². The maximum Gasteiger partial charge on any atom is 0.245 e. The fourth-order valence-corrected chi connectivity index (χ4v) is 4.85. The van der Waals surface area contributed by atoms with E-state index in [1.54, 1.807) is 4.90 Å². The molecule has 6 heteroatoms. The Balaban J connectivity index is 2.19. The SMILES string of the molecule is CC(C)C[C@H](C(=O)N1CC[S@@](=O)[C@H](C)[C@@H]1C)N1CCCCC1=O. The number of piperidine rings is 1. The Morgan fingerprint density at radius 3 is 2.57 bits per heavy atom. The number of hydrogen-bond donors (Lipinski definition) is 0. The zero-order valence-corrected chi connectivity index (χ0v) is 15.6. The molecule has 2 aliphatic rings. The first-order valence-electron chi connectivity index (χ1n) is 8.80. The van der Waals surface area contributed by atoms with E-state index in [9.17, 15) is 13.8 Å². The van der Waals surface area contributed by atoms with E-state index in [4.69, 9.17) is 0 Å². The molecule has 0 unspecified atom stereocenters. The molecule has 0 radical (unpaired) electrons. The van der Waals surface area contributed by atoms with Gasteiger partial charge in [0.2, 0.25) is 11.8 Å². The normalized spacial score (nSPS) is 30.7. The molecular formula is C17H30N2O3S. The van der Waals surface area contributed by atoms with Gasteiger partial charge >= 0.3 is 0 Å². The molecule has 0 aromatic carbocycles. The lowest BCUT2D eigenvalue weighted by Gasteiger charge is -2.42. The van der Waals surface area contributed by atoms with Crippen molar-refractivity contribution in [2.24, 2.45) is 5.92 Å². The second-order valence-electron chi connectivity index (χ2n) is 7.25. The zero-order chi connectivity index (χ0) is 17.1. The van der Waals surface area contributed by atoms with E-state index in [0.717, 1.165) is 12.8 Å². The second kappa shape index (κ2) is 7.77. The van der Waals surface area contributed by atoms with E-state index < -0.39 is 10.8 Å². The van der Waals surface area contributed by atoms with Gasteiger partial charge in [-0.05, 0) is 39.0 Å². The Labute approximate surface area is 142 Å². The molecule has 0 N–H and O–H groups in total. The predicted molar refractivity (Wildman–Crippen MR) is 92.5 cm³/mol. The molecule has 2 saturated heterocycles. The molecular weight excluding hydrogens is 312 g/mol. The number of rotatable bonds is 4. The summed E-state index contributed by atoms with van der Waals surface area (Å²) in [5, 5.41) is -0.00976. The van der Waals surface area contributed by atoms with Crippen LogP contribution in [0.3, 0.4) is 0 Å². The molecule has 2 rings (SSSR count). The molecule has 2 heterocycles. The van der Waals surface area contributed by atoms with Crippen LogP contribution in [0.1, 0.15) is 53.4 Å². The van der Waals surface area contributed by atoms with Gasteiger partial charge in [0.25, 0.3) is 0 Å². The van der Waals surface area contributed by atoms with Crippen LogP contribution in [0, 0.1) is 5.92 Å². The first-order chi connectivity index (χ1) is 10.8. The van der Waals surface area contributed by atoms with E-state index in [2.05, 4.69) is 13.8 Å². The molecule has 0 bridgehead atoms. The molecule has 0 spiro atoms. The van der Waals surface area contributed by atoms with Crippen LogP contribution < -0.4 is 0 Å². The highest BCUT2D eigenvalue weighted by Crippen LogP contribution is 2.24. The van der Waals surface area contributed by atoms with Crippen LogP contribution in [0.25, 0.3) is 0 Å². The van der Waals surface area contributed by atoms with Crippen molar-refractivity contribution in [2.45, 2.75) is 70.7 Å². The van der Waals surface area contributed by atoms with Gasteiger partial charge in [-0.25, -0.2) is 0 Å². The highest BCUT2D eigenvalue weighted by atomic mass is 32.2. The summed E-state index contributed by atoms with van der Waals surface area (Å²) in [4.78, 5) is 29.1. The highest BCUT2D eigenvalue weighted by Gasteiger charge is 2.39. The number of carbonyl (C=O) groups excluding carboxylic acids is 2. The molecule has 0 aromatic heterocycles. The van der Waals surface area contributed by atoms with Crippen LogP contribution in [-0.4, -0.2) is 62.0 Å². The second-order valence-corrected chi connectivity index (χ2v) is 9.17. The molecule has 5 nitrogen and oxygen atoms in total. The van der Waals surface area contributed by atoms with Crippen molar-refractivity contribution in [2.75, 3.05) is 18.8 Å². The van der Waals surface area contributed by atoms with E-state index in [-0.39, 0.29) is 29.1 Å². The number of carbonyl (C=O) groups is 2. The minimum absolute atomic E-state index is 0.00976. The third kappa shape index (κ3) is 4.14. The van der Waals surface area contributed by atoms with Gasteiger partial charge in [-0.15, -0.1) is 0 Å². The standard InChI is InChI=1S/C17H30N2O3S/c1-12(2)11-15(19-8-6-5-7-16(19)20)17(21)18-9-10-23(22)14(4)13(18)3/h12-15H,5-11H2,1-4H3/t13-,14+,15+,23+/m0/s1. The fraction of sp³-hybridized carbons (Fsp3) is 0.882. The van der Waals surface area contributed by atoms with Crippen molar-refractivity contribution >= 4 is 22.6 Å². The van der Waals surface area contributed by atoms with Crippen LogP contribution >= 0.6 is 0 Å². The van der Waals surface area contributed by atoms with E-state index >= 15 is 0 Å². The largest absolute Gasteiger partial charge is 0.336 e. The van der Waals surface area contributed by atoms with Gasteiger partial charge in [0.15, 0.2) is 0 Å². The summed E-state index contributed by atoms with van der Waals surface area (Å²) in [6.45, 7) is 9.32. The maximum atomic E-state index is 13.2. The summed E-state index contributed by atoms with van der Waals surface area (Å²) in [7, 11) is -0.862. The predicted octanol–water partition coefficient (Wildman–Crippen LogP) is 1.78. The molecule has 0 aliphatic carbocycles. The molecule has 23 heavy (non-hydrogen) atoms. The first kappa shape index (κ1) is 18.4. The number of hydrogen-bond acceptors (Lipinski definition) is 3. The van der Waals surface area contributed by atoms with Gasteiger partial charge in [0.1, 0.15) is 6.04 Å². The van der Waals surface area contributed by atoms with Crippen LogP contribution in [0.15, 0.2) is 0 Å².